The van der Waals surface area contributed by atoms with Gasteiger partial charge in [-0.1, -0.05) is 72.3 Å². The van der Waals surface area contributed by atoms with Gasteiger partial charge in [0.05, 0.1) is 11.6 Å². The van der Waals surface area contributed by atoms with E-state index in [1.807, 2.05) is 91.9 Å². The van der Waals surface area contributed by atoms with E-state index in [9.17, 15) is 4.79 Å². The van der Waals surface area contributed by atoms with Crippen molar-refractivity contribution in [3.05, 3.63) is 119 Å². The summed E-state index contributed by atoms with van der Waals surface area (Å²) in [5.74, 6) is -0.702. The fourth-order valence-electron chi connectivity index (χ4n) is 4.02. The molecular formula is C28H22ClN5OS. The van der Waals surface area contributed by atoms with Gasteiger partial charge in [-0.25, -0.2) is 0 Å². The summed E-state index contributed by atoms with van der Waals surface area (Å²) >= 11 is 11.5. The lowest BCUT2D eigenvalue weighted by Gasteiger charge is -2.19. The van der Waals surface area contributed by atoms with Crippen molar-refractivity contribution in [2.24, 2.45) is 0 Å². The first-order valence-corrected chi connectivity index (χ1v) is 12.1. The van der Waals surface area contributed by atoms with Gasteiger partial charge in [-0.15, -0.1) is 10.2 Å². The summed E-state index contributed by atoms with van der Waals surface area (Å²) in [5.41, 5.74) is 5.69. The van der Waals surface area contributed by atoms with Gasteiger partial charge in [-0.2, -0.15) is 4.80 Å². The number of nitrogens with one attached hydrogen (secondary N) is 2. The second-order valence-electron chi connectivity index (χ2n) is 8.32. The third-order valence-electron chi connectivity index (χ3n) is 5.80. The number of carbonyl (C=O) groups excluding carboxylic acids is 1. The Hall–Kier alpha value is -4.07. The Bertz CT molecular complexity index is 1500. The van der Waals surface area contributed by atoms with Crippen molar-refractivity contribution in [3.8, 4) is 5.69 Å². The van der Waals surface area contributed by atoms with E-state index in [0.717, 1.165) is 33.6 Å². The van der Waals surface area contributed by atoms with Crippen LogP contribution in [0.2, 0.25) is 5.02 Å². The number of rotatable bonds is 5. The Morgan fingerprint density at radius 3 is 2.00 bits per heavy atom. The van der Waals surface area contributed by atoms with E-state index in [-0.39, 0.29) is 11.0 Å². The number of aryl methyl sites for hydroxylation is 1. The minimum Gasteiger partial charge on any atom is -0.332 e. The first-order chi connectivity index (χ1) is 17.5. The predicted molar refractivity (Wildman–Crippen MR) is 148 cm³/mol. The number of nitrogens with zero attached hydrogens (tertiary/aromatic N) is 3. The quantitative estimate of drug-likeness (QED) is 0.282. The first kappa shape index (κ1) is 23.7. The lowest BCUT2D eigenvalue weighted by atomic mass is 9.90. The van der Waals surface area contributed by atoms with E-state index < -0.39 is 5.92 Å². The molecule has 6 nitrogen and oxygen atoms in total. The Labute approximate surface area is 218 Å². The molecule has 0 aliphatic heterocycles. The Morgan fingerprint density at radius 1 is 0.861 bits per heavy atom. The van der Waals surface area contributed by atoms with Crippen LogP contribution in [-0.2, 0) is 4.79 Å². The van der Waals surface area contributed by atoms with Crippen LogP contribution < -0.4 is 10.6 Å². The summed E-state index contributed by atoms with van der Waals surface area (Å²) in [6.07, 6.45) is 0. The molecule has 2 N–H and O–H groups in total. The van der Waals surface area contributed by atoms with Crippen molar-refractivity contribution >= 4 is 51.6 Å². The van der Waals surface area contributed by atoms with E-state index >= 15 is 0 Å². The zero-order valence-electron chi connectivity index (χ0n) is 19.4. The number of thiocarbonyl (C=S) groups is 1. The van der Waals surface area contributed by atoms with Gasteiger partial charge in [0.15, 0.2) is 5.11 Å². The molecule has 0 radical (unpaired) electrons. The van der Waals surface area contributed by atoms with Gasteiger partial charge in [0.1, 0.15) is 11.0 Å². The molecule has 5 rings (SSSR count). The van der Waals surface area contributed by atoms with Crippen LogP contribution >= 0.6 is 23.8 Å². The molecule has 0 unspecified atom stereocenters. The molecule has 178 valence electrons. The molecule has 1 heterocycles. The minimum absolute atomic E-state index is 0.211. The molecule has 8 heteroatoms. The molecule has 0 spiro atoms. The lowest BCUT2D eigenvalue weighted by Crippen LogP contribution is -2.38. The molecule has 0 aliphatic rings. The van der Waals surface area contributed by atoms with Crippen molar-refractivity contribution in [1.82, 2.24) is 20.3 Å². The number of halogens is 1. The molecule has 4 aromatic carbocycles. The highest BCUT2D eigenvalue weighted by atomic mass is 35.5. The van der Waals surface area contributed by atoms with Gasteiger partial charge in [0.2, 0.25) is 5.91 Å². The fraction of sp³-hybridized carbons (Fsp3) is 0.0714. The highest BCUT2D eigenvalue weighted by molar-refractivity contribution is 7.80. The van der Waals surface area contributed by atoms with Gasteiger partial charge < -0.3 is 10.6 Å². The summed E-state index contributed by atoms with van der Waals surface area (Å²) < 4.78 is 0. The molecule has 1 aromatic heterocycles. The smallest absolute Gasteiger partial charge is 0.238 e. The molecule has 0 atom stereocenters. The van der Waals surface area contributed by atoms with E-state index in [1.54, 1.807) is 16.9 Å². The van der Waals surface area contributed by atoms with E-state index in [0.29, 0.717) is 10.5 Å². The van der Waals surface area contributed by atoms with Crippen molar-refractivity contribution in [1.29, 1.82) is 0 Å². The van der Waals surface area contributed by atoms with Gasteiger partial charge in [-0.05, 0) is 72.2 Å². The standard InChI is InChI=1S/C28H22ClN5OS/c1-18-16-24-25(33-34(32-24)22-14-12-21(29)13-15-22)17-23(18)30-28(36)31-27(35)26(19-8-4-2-5-9-19)20-10-6-3-7-11-20/h2-17,26H,1H3,(H2,30,31,35,36). The number of carbonyl (C=O) groups is 1. The van der Waals surface area contributed by atoms with Crippen LogP contribution in [0.4, 0.5) is 5.69 Å². The van der Waals surface area contributed by atoms with Gasteiger partial charge in [0, 0.05) is 10.7 Å². The number of amides is 1. The topological polar surface area (TPSA) is 71.8 Å². The minimum atomic E-state index is -0.491. The van der Waals surface area contributed by atoms with Crippen LogP contribution in [0.15, 0.2) is 97.1 Å². The number of hydrogen-bond donors (Lipinski definition) is 2. The number of aromatic nitrogens is 3. The number of fused-ring (bicyclic) bond motifs is 1. The Balaban J connectivity index is 1.36. The largest absolute Gasteiger partial charge is 0.332 e. The maximum Gasteiger partial charge on any atom is 0.238 e. The highest BCUT2D eigenvalue weighted by Crippen LogP contribution is 2.26. The Morgan fingerprint density at radius 2 is 1.42 bits per heavy atom. The number of anilines is 1. The van der Waals surface area contributed by atoms with Crippen molar-refractivity contribution < 1.29 is 4.79 Å². The molecule has 0 fully saturated rings. The van der Waals surface area contributed by atoms with E-state index in [4.69, 9.17) is 23.8 Å². The number of benzene rings is 4. The molecular weight excluding hydrogens is 490 g/mol. The fourth-order valence-corrected chi connectivity index (χ4v) is 4.35. The first-order valence-electron chi connectivity index (χ1n) is 11.3. The van der Waals surface area contributed by atoms with E-state index in [1.165, 1.54) is 0 Å². The van der Waals surface area contributed by atoms with Crippen LogP contribution in [0.25, 0.3) is 16.7 Å². The molecule has 36 heavy (non-hydrogen) atoms. The maximum atomic E-state index is 13.4. The summed E-state index contributed by atoms with van der Waals surface area (Å²) in [5, 5.41) is 16.0. The monoisotopic (exact) mass is 511 g/mol. The third kappa shape index (κ3) is 5.12. The zero-order valence-corrected chi connectivity index (χ0v) is 20.9. The van der Waals surface area contributed by atoms with Gasteiger partial charge >= 0.3 is 0 Å². The van der Waals surface area contributed by atoms with Crippen molar-refractivity contribution in [3.63, 3.8) is 0 Å². The number of hydrogen-bond acceptors (Lipinski definition) is 4. The summed E-state index contributed by atoms with van der Waals surface area (Å²) in [4.78, 5) is 14.9. The van der Waals surface area contributed by atoms with Crippen LogP contribution in [0.1, 0.15) is 22.6 Å². The SMILES string of the molecule is Cc1cc2nn(-c3ccc(Cl)cc3)nc2cc1NC(=S)NC(=O)C(c1ccccc1)c1ccccc1. The normalized spacial score (nSPS) is 11.0. The molecule has 0 aliphatic carbocycles. The molecule has 1 amide bonds. The molecule has 0 saturated carbocycles. The van der Waals surface area contributed by atoms with Crippen LogP contribution in [0.5, 0.6) is 0 Å². The zero-order chi connectivity index (χ0) is 25.1. The molecule has 5 aromatic rings. The van der Waals surface area contributed by atoms with Crippen LogP contribution in [0.3, 0.4) is 0 Å². The average molecular weight is 512 g/mol. The van der Waals surface area contributed by atoms with Crippen molar-refractivity contribution in [2.75, 3.05) is 5.32 Å². The highest BCUT2D eigenvalue weighted by Gasteiger charge is 2.23. The van der Waals surface area contributed by atoms with Crippen LogP contribution in [0, 0.1) is 6.92 Å². The van der Waals surface area contributed by atoms with Crippen molar-refractivity contribution in [2.45, 2.75) is 12.8 Å². The van der Waals surface area contributed by atoms with E-state index in [2.05, 4.69) is 20.8 Å². The summed E-state index contributed by atoms with van der Waals surface area (Å²) in [6.45, 7) is 1.95. The summed E-state index contributed by atoms with van der Waals surface area (Å²) in [6, 6.07) is 30.4. The van der Waals surface area contributed by atoms with Crippen LogP contribution in [-0.4, -0.2) is 26.0 Å². The lowest BCUT2D eigenvalue weighted by molar-refractivity contribution is -0.120. The maximum absolute atomic E-state index is 13.4. The second-order valence-corrected chi connectivity index (χ2v) is 9.16. The third-order valence-corrected chi connectivity index (χ3v) is 6.25. The van der Waals surface area contributed by atoms with Gasteiger partial charge in [0.25, 0.3) is 0 Å². The molecule has 0 bridgehead atoms. The van der Waals surface area contributed by atoms with Gasteiger partial charge in [-0.3, -0.25) is 4.79 Å². The summed E-state index contributed by atoms with van der Waals surface area (Å²) in [7, 11) is 0. The predicted octanol–water partition coefficient (Wildman–Crippen LogP) is 6.03. The average Bonchev–Trinajstić information content (AvgIpc) is 3.28. The Kier molecular flexibility index (Phi) is 6.75. The second kappa shape index (κ2) is 10.3. The molecule has 0 saturated heterocycles.